The third kappa shape index (κ3) is 3.28. The van der Waals surface area contributed by atoms with Crippen LogP contribution in [0.3, 0.4) is 0 Å². The summed E-state index contributed by atoms with van der Waals surface area (Å²) in [5.41, 5.74) is 8.16. The lowest BCUT2D eigenvalue weighted by molar-refractivity contribution is -0.125. The van der Waals surface area contributed by atoms with Gasteiger partial charge in [0.1, 0.15) is 0 Å². The number of halogens is 1. The van der Waals surface area contributed by atoms with Gasteiger partial charge in [0.15, 0.2) is 0 Å². The number of nitrogens with one attached hydrogen (secondary N) is 1. The number of fused-ring (bicyclic) bond motifs is 1. The molecule has 3 unspecified atom stereocenters. The first-order valence-electron chi connectivity index (χ1n) is 6.57. The molecule has 1 amide bonds. The molecule has 0 aliphatic heterocycles. The van der Waals surface area contributed by atoms with Crippen molar-refractivity contribution in [2.75, 3.05) is 0 Å². The van der Waals surface area contributed by atoms with Gasteiger partial charge in [0, 0.05) is 30.3 Å². The van der Waals surface area contributed by atoms with Crippen molar-refractivity contribution in [1.82, 2.24) is 15.1 Å². The van der Waals surface area contributed by atoms with Crippen LogP contribution in [0.25, 0.3) is 0 Å². The molecule has 108 valence electrons. The summed E-state index contributed by atoms with van der Waals surface area (Å²) in [5.74, 6) is -0.126. The first-order chi connectivity index (χ1) is 8.50. The number of amides is 1. The Bertz CT molecular complexity index is 444. The molecule has 19 heavy (non-hydrogen) atoms. The van der Waals surface area contributed by atoms with Crippen LogP contribution in [0.1, 0.15) is 44.0 Å². The van der Waals surface area contributed by atoms with Crippen LogP contribution in [-0.4, -0.2) is 21.7 Å². The van der Waals surface area contributed by atoms with Gasteiger partial charge < -0.3 is 11.1 Å². The van der Waals surface area contributed by atoms with E-state index in [1.807, 2.05) is 31.8 Å². The van der Waals surface area contributed by atoms with Crippen molar-refractivity contribution < 1.29 is 4.79 Å². The van der Waals surface area contributed by atoms with E-state index in [0.717, 1.165) is 24.8 Å². The SMILES string of the molecule is CC(N)C(C)C(=O)NC1CCCc2c1cnn2C.Cl. The molecule has 1 aliphatic rings. The van der Waals surface area contributed by atoms with Gasteiger partial charge in [0.25, 0.3) is 0 Å². The van der Waals surface area contributed by atoms with Gasteiger partial charge in [0.05, 0.1) is 12.2 Å². The maximum atomic E-state index is 12.1. The van der Waals surface area contributed by atoms with Crippen molar-refractivity contribution >= 4 is 18.3 Å². The Morgan fingerprint density at radius 2 is 2.26 bits per heavy atom. The molecule has 3 N–H and O–H groups in total. The molecule has 6 heteroatoms. The predicted molar refractivity (Wildman–Crippen MR) is 77.1 cm³/mol. The second kappa shape index (κ2) is 6.39. The molecule has 3 atom stereocenters. The van der Waals surface area contributed by atoms with Crippen LogP contribution in [0.5, 0.6) is 0 Å². The second-order valence-corrected chi connectivity index (χ2v) is 5.27. The number of carbonyl (C=O) groups is 1. The zero-order valence-electron chi connectivity index (χ0n) is 11.7. The van der Waals surface area contributed by atoms with Gasteiger partial charge in [-0.3, -0.25) is 9.48 Å². The van der Waals surface area contributed by atoms with Crippen molar-refractivity contribution in [3.63, 3.8) is 0 Å². The molecule has 5 nitrogen and oxygen atoms in total. The number of nitrogens with zero attached hydrogens (tertiary/aromatic N) is 2. The highest BCUT2D eigenvalue weighted by Crippen LogP contribution is 2.29. The van der Waals surface area contributed by atoms with Gasteiger partial charge >= 0.3 is 0 Å². The lowest BCUT2D eigenvalue weighted by Gasteiger charge is -2.26. The highest BCUT2D eigenvalue weighted by atomic mass is 35.5. The second-order valence-electron chi connectivity index (χ2n) is 5.27. The Morgan fingerprint density at radius 3 is 2.89 bits per heavy atom. The van der Waals surface area contributed by atoms with Crippen molar-refractivity contribution in [1.29, 1.82) is 0 Å². The van der Waals surface area contributed by atoms with E-state index in [1.54, 1.807) is 0 Å². The monoisotopic (exact) mass is 286 g/mol. The number of rotatable bonds is 3. The molecular formula is C13H23ClN4O. The number of carbonyl (C=O) groups excluding carboxylic acids is 1. The molecule has 0 saturated heterocycles. The molecule has 1 aromatic rings. The summed E-state index contributed by atoms with van der Waals surface area (Å²) in [6.07, 6.45) is 4.98. The van der Waals surface area contributed by atoms with Crippen LogP contribution in [0.2, 0.25) is 0 Å². The lowest BCUT2D eigenvalue weighted by atomic mass is 9.92. The Hall–Kier alpha value is -1.07. The van der Waals surface area contributed by atoms with E-state index in [1.165, 1.54) is 5.69 Å². The molecule has 1 heterocycles. The predicted octanol–water partition coefficient (Wildman–Crippen LogP) is 1.32. The van der Waals surface area contributed by atoms with E-state index >= 15 is 0 Å². The fourth-order valence-corrected chi connectivity index (χ4v) is 2.40. The highest BCUT2D eigenvalue weighted by molar-refractivity contribution is 5.85. The van der Waals surface area contributed by atoms with E-state index < -0.39 is 0 Å². The van der Waals surface area contributed by atoms with Gasteiger partial charge in [-0.1, -0.05) is 6.92 Å². The minimum atomic E-state index is -0.160. The molecule has 0 radical (unpaired) electrons. The fourth-order valence-electron chi connectivity index (χ4n) is 2.40. The molecule has 0 fully saturated rings. The molecule has 1 aliphatic carbocycles. The number of hydrogen-bond acceptors (Lipinski definition) is 3. The van der Waals surface area contributed by atoms with Crippen molar-refractivity contribution in [2.24, 2.45) is 18.7 Å². The minimum Gasteiger partial charge on any atom is -0.349 e. The smallest absolute Gasteiger partial charge is 0.224 e. The van der Waals surface area contributed by atoms with Gasteiger partial charge in [-0.2, -0.15) is 5.10 Å². The Balaban J connectivity index is 0.00000180. The first-order valence-corrected chi connectivity index (χ1v) is 6.57. The van der Waals surface area contributed by atoms with Crippen LogP contribution in [-0.2, 0) is 18.3 Å². The molecule has 0 spiro atoms. The van der Waals surface area contributed by atoms with Gasteiger partial charge in [-0.15, -0.1) is 12.4 Å². The summed E-state index contributed by atoms with van der Waals surface area (Å²) in [4.78, 5) is 12.1. The maximum absolute atomic E-state index is 12.1. The first kappa shape index (κ1) is 16.0. The number of aryl methyl sites for hydroxylation is 1. The summed E-state index contributed by atoms with van der Waals surface area (Å²) >= 11 is 0. The highest BCUT2D eigenvalue weighted by Gasteiger charge is 2.27. The standard InChI is InChI=1S/C13H22N4O.ClH/c1-8(9(2)14)13(18)16-11-5-4-6-12-10(11)7-15-17(12)3;/h7-9,11H,4-6,14H2,1-3H3,(H,16,18);1H. The van der Waals surface area contributed by atoms with Gasteiger partial charge in [-0.05, 0) is 26.2 Å². The average molecular weight is 287 g/mol. The largest absolute Gasteiger partial charge is 0.349 e. The lowest BCUT2D eigenvalue weighted by Crippen LogP contribution is -2.40. The number of nitrogens with two attached hydrogens (primary N) is 1. The van der Waals surface area contributed by atoms with Crippen molar-refractivity contribution in [3.05, 3.63) is 17.5 Å². The van der Waals surface area contributed by atoms with Crippen molar-refractivity contribution in [2.45, 2.75) is 45.2 Å². The molecule has 2 rings (SSSR count). The van der Waals surface area contributed by atoms with Crippen LogP contribution in [0, 0.1) is 5.92 Å². The minimum absolute atomic E-state index is 0. The Morgan fingerprint density at radius 1 is 1.58 bits per heavy atom. The van der Waals surface area contributed by atoms with Crippen LogP contribution >= 0.6 is 12.4 Å². The Kier molecular flexibility index (Phi) is 5.38. The van der Waals surface area contributed by atoms with Gasteiger partial charge in [-0.25, -0.2) is 0 Å². The summed E-state index contributed by atoms with van der Waals surface area (Å²) in [7, 11) is 1.95. The van der Waals surface area contributed by atoms with Crippen LogP contribution in [0.15, 0.2) is 6.20 Å². The van der Waals surface area contributed by atoms with E-state index in [2.05, 4.69) is 10.4 Å². The van der Waals surface area contributed by atoms with E-state index in [4.69, 9.17) is 5.73 Å². The zero-order chi connectivity index (χ0) is 13.3. The quantitative estimate of drug-likeness (QED) is 0.880. The third-order valence-corrected chi connectivity index (χ3v) is 3.89. The number of hydrogen-bond donors (Lipinski definition) is 2. The average Bonchev–Trinajstić information content (AvgIpc) is 2.71. The summed E-state index contributed by atoms with van der Waals surface area (Å²) in [6.45, 7) is 3.73. The van der Waals surface area contributed by atoms with Gasteiger partial charge in [0.2, 0.25) is 5.91 Å². The normalized spacial score (nSPS) is 20.9. The fraction of sp³-hybridized carbons (Fsp3) is 0.692. The summed E-state index contributed by atoms with van der Waals surface area (Å²) in [5, 5.41) is 7.37. The van der Waals surface area contributed by atoms with Crippen LogP contribution in [0.4, 0.5) is 0 Å². The zero-order valence-corrected chi connectivity index (χ0v) is 12.5. The number of aromatic nitrogens is 2. The molecule has 0 aromatic carbocycles. The topological polar surface area (TPSA) is 72.9 Å². The molecule has 0 bridgehead atoms. The maximum Gasteiger partial charge on any atom is 0.224 e. The summed E-state index contributed by atoms with van der Waals surface area (Å²) < 4.78 is 1.91. The van der Waals surface area contributed by atoms with E-state index in [0.29, 0.717) is 0 Å². The van der Waals surface area contributed by atoms with Crippen LogP contribution < -0.4 is 11.1 Å². The molecule has 0 saturated carbocycles. The molecular weight excluding hydrogens is 264 g/mol. The molecule has 1 aromatic heterocycles. The third-order valence-electron chi connectivity index (χ3n) is 3.89. The van der Waals surface area contributed by atoms with E-state index in [9.17, 15) is 4.79 Å². The Labute approximate surface area is 120 Å². The van der Waals surface area contributed by atoms with E-state index in [-0.39, 0.29) is 36.3 Å². The van der Waals surface area contributed by atoms with Crippen molar-refractivity contribution in [3.8, 4) is 0 Å². The summed E-state index contributed by atoms with van der Waals surface area (Å²) in [6, 6.07) is -0.0295.